The summed E-state index contributed by atoms with van der Waals surface area (Å²) in [6.45, 7) is 20.9. The summed E-state index contributed by atoms with van der Waals surface area (Å²) in [6, 6.07) is 1.14. The molecule has 0 rings (SSSR count). The van der Waals surface area contributed by atoms with E-state index in [0.29, 0.717) is 17.1 Å². The largest absolute Gasteiger partial charge is 0.338 e. The average Bonchev–Trinajstić information content (AvgIpc) is 2.08. The van der Waals surface area contributed by atoms with Gasteiger partial charge in [-0.25, -0.2) is 0 Å². The zero-order chi connectivity index (χ0) is 13.9. The van der Waals surface area contributed by atoms with Gasteiger partial charge in [0.25, 0.3) is 0 Å². The van der Waals surface area contributed by atoms with Crippen molar-refractivity contribution in [2.24, 2.45) is 0 Å². The minimum absolute atomic E-state index is 0.428. The van der Waals surface area contributed by atoms with Crippen LogP contribution in [0.2, 0.25) is 18.1 Å². The lowest BCUT2D eigenvalue weighted by Gasteiger charge is -2.35. The molecule has 0 saturated carbocycles. The Labute approximate surface area is 111 Å². The molecule has 3 heteroatoms. The third-order valence-electron chi connectivity index (χ3n) is 3.90. The van der Waals surface area contributed by atoms with Crippen LogP contribution in [0.1, 0.15) is 48.5 Å². The summed E-state index contributed by atoms with van der Waals surface area (Å²) >= 11 is 0. The van der Waals surface area contributed by atoms with Crippen LogP contribution >= 0.6 is 0 Å². The summed E-state index contributed by atoms with van der Waals surface area (Å²) < 4.78 is 0. The lowest BCUT2D eigenvalue weighted by atomic mass is 9.88. The standard InChI is InChI=1S/C14H31BNSi/c1-12(2)16(13(3)4)15-10-11-17(8,9)14(5,6)7/h10-13H,1-9H3/b11-10+. The molecule has 0 N–H and O–H groups in total. The fourth-order valence-corrected chi connectivity index (χ4v) is 2.64. The minimum Gasteiger partial charge on any atom is -0.338 e. The van der Waals surface area contributed by atoms with Crippen molar-refractivity contribution in [3.8, 4) is 0 Å². The first kappa shape index (κ1) is 17.0. The average molecular weight is 252 g/mol. The molecule has 0 aromatic heterocycles. The van der Waals surface area contributed by atoms with Gasteiger partial charge in [-0.2, -0.15) is 0 Å². The van der Waals surface area contributed by atoms with Crippen molar-refractivity contribution in [2.75, 3.05) is 0 Å². The van der Waals surface area contributed by atoms with Crippen molar-refractivity contribution in [1.82, 2.24) is 4.81 Å². The van der Waals surface area contributed by atoms with Gasteiger partial charge in [-0.15, -0.1) is 11.7 Å². The first-order valence-corrected chi connectivity index (χ1v) is 9.87. The van der Waals surface area contributed by atoms with Crippen LogP contribution in [-0.2, 0) is 0 Å². The lowest BCUT2D eigenvalue weighted by Crippen LogP contribution is -2.40. The molecule has 0 atom stereocenters. The summed E-state index contributed by atoms with van der Waals surface area (Å²) in [7, 11) is 0.980. The van der Waals surface area contributed by atoms with Gasteiger partial charge in [0.15, 0.2) is 0 Å². The maximum absolute atomic E-state index is 2.46. The number of hydrogen-bond acceptors (Lipinski definition) is 1. The van der Waals surface area contributed by atoms with E-state index < -0.39 is 8.07 Å². The summed E-state index contributed by atoms with van der Waals surface area (Å²) in [5, 5.41) is 0.428. The predicted molar refractivity (Wildman–Crippen MR) is 84.2 cm³/mol. The van der Waals surface area contributed by atoms with E-state index in [1.807, 2.05) is 0 Å². The van der Waals surface area contributed by atoms with E-state index in [9.17, 15) is 0 Å². The molecular weight excluding hydrogens is 221 g/mol. The molecule has 99 valence electrons. The molecule has 0 aromatic carbocycles. The van der Waals surface area contributed by atoms with Gasteiger partial charge in [0, 0.05) is 0 Å². The zero-order valence-corrected chi connectivity index (χ0v) is 14.3. The highest BCUT2D eigenvalue weighted by Gasteiger charge is 2.32. The SMILES string of the molecule is CC(C)N([B]/C=C/[Si](C)(C)C(C)(C)C)C(C)C. The van der Waals surface area contributed by atoms with E-state index >= 15 is 0 Å². The molecule has 0 aliphatic carbocycles. The summed E-state index contributed by atoms with van der Waals surface area (Å²) in [4.78, 5) is 2.41. The molecule has 0 bridgehead atoms. The molecule has 17 heavy (non-hydrogen) atoms. The third kappa shape index (κ3) is 5.43. The van der Waals surface area contributed by atoms with E-state index in [4.69, 9.17) is 0 Å². The van der Waals surface area contributed by atoms with Crippen molar-refractivity contribution in [3.63, 3.8) is 0 Å². The van der Waals surface area contributed by atoms with Crippen LogP contribution in [0.25, 0.3) is 0 Å². The molecular formula is C14H31BNSi. The van der Waals surface area contributed by atoms with Crippen LogP contribution < -0.4 is 0 Å². The number of rotatable bonds is 5. The van der Waals surface area contributed by atoms with E-state index in [1.54, 1.807) is 0 Å². The Morgan fingerprint density at radius 1 is 1.00 bits per heavy atom. The minimum atomic E-state index is -1.28. The molecule has 0 fully saturated rings. The molecule has 0 saturated heterocycles. The Kier molecular flexibility index (Phi) is 6.23. The van der Waals surface area contributed by atoms with Gasteiger partial charge in [-0.3, -0.25) is 0 Å². The second kappa shape index (κ2) is 6.24. The van der Waals surface area contributed by atoms with Crippen LogP contribution in [0.15, 0.2) is 11.7 Å². The lowest BCUT2D eigenvalue weighted by molar-refractivity contribution is 0.315. The quantitative estimate of drug-likeness (QED) is 0.660. The molecule has 0 unspecified atom stereocenters. The fourth-order valence-electron chi connectivity index (χ4n) is 1.57. The summed E-state index contributed by atoms with van der Waals surface area (Å²) in [5.74, 6) is 2.28. The van der Waals surface area contributed by atoms with E-state index in [1.165, 1.54) is 0 Å². The number of nitrogens with zero attached hydrogens (tertiary/aromatic N) is 1. The van der Waals surface area contributed by atoms with E-state index in [-0.39, 0.29) is 0 Å². The summed E-state index contributed by atoms with van der Waals surface area (Å²) in [5.41, 5.74) is 2.46. The molecule has 0 aliphatic heterocycles. The molecule has 0 aromatic rings. The Morgan fingerprint density at radius 2 is 1.41 bits per heavy atom. The van der Waals surface area contributed by atoms with Crippen molar-refractivity contribution < 1.29 is 0 Å². The van der Waals surface area contributed by atoms with Gasteiger partial charge in [0.05, 0.1) is 8.07 Å². The second-order valence-corrected chi connectivity index (χ2v) is 12.4. The van der Waals surface area contributed by atoms with Crippen LogP contribution in [0.3, 0.4) is 0 Å². The highest BCUT2D eigenvalue weighted by Crippen LogP contribution is 2.36. The Bertz CT molecular complexity index is 243. The molecule has 1 nitrogen and oxygen atoms in total. The monoisotopic (exact) mass is 252 g/mol. The highest BCUT2D eigenvalue weighted by molar-refractivity contribution is 6.85. The maximum atomic E-state index is 2.46. The van der Waals surface area contributed by atoms with E-state index in [2.05, 4.69) is 85.5 Å². The Morgan fingerprint density at radius 3 is 1.71 bits per heavy atom. The van der Waals surface area contributed by atoms with Gasteiger partial charge in [-0.05, 0) is 17.1 Å². The van der Waals surface area contributed by atoms with Crippen molar-refractivity contribution in [2.45, 2.75) is 78.7 Å². The first-order chi connectivity index (χ1) is 7.49. The van der Waals surface area contributed by atoms with Crippen LogP contribution in [0.4, 0.5) is 0 Å². The number of hydrogen-bond donors (Lipinski definition) is 0. The van der Waals surface area contributed by atoms with Gasteiger partial charge in [0.1, 0.15) is 0 Å². The smallest absolute Gasteiger partial charge is 0.239 e. The van der Waals surface area contributed by atoms with Crippen molar-refractivity contribution in [1.29, 1.82) is 0 Å². The van der Waals surface area contributed by atoms with Gasteiger partial charge >= 0.3 is 0 Å². The highest BCUT2D eigenvalue weighted by atomic mass is 28.3. The molecule has 0 heterocycles. The van der Waals surface area contributed by atoms with Crippen LogP contribution in [0.5, 0.6) is 0 Å². The predicted octanol–water partition coefficient (Wildman–Crippen LogP) is 4.29. The fraction of sp³-hybridized carbons (Fsp3) is 0.857. The van der Waals surface area contributed by atoms with Crippen LogP contribution in [0, 0.1) is 0 Å². The summed E-state index contributed by atoms with van der Waals surface area (Å²) in [6.07, 6.45) is 0. The van der Waals surface area contributed by atoms with E-state index in [0.717, 1.165) is 0 Å². The zero-order valence-electron chi connectivity index (χ0n) is 13.3. The van der Waals surface area contributed by atoms with Gasteiger partial charge in [0.2, 0.25) is 7.41 Å². The maximum Gasteiger partial charge on any atom is 0.239 e. The molecule has 0 amide bonds. The Balaban J connectivity index is 4.55. The molecule has 1 radical (unpaired) electrons. The van der Waals surface area contributed by atoms with Gasteiger partial charge < -0.3 is 4.81 Å². The van der Waals surface area contributed by atoms with Crippen molar-refractivity contribution >= 4 is 15.5 Å². The van der Waals surface area contributed by atoms with Crippen LogP contribution in [-0.4, -0.2) is 32.4 Å². The molecule has 0 aliphatic rings. The topological polar surface area (TPSA) is 3.24 Å². The second-order valence-electron chi connectivity index (χ2n) is 7.11. The van der Waals surface area contributed by atoms with Crippen molar-refractivity contribution in [3.05, 3.63) is 11.7 Å². The Hall–Kier alpha value is -0.0182. The third-order valence-corrected chi connectivity index (χ3v) is 8.79. The normalized spacial score (nSPS) is 14.4. The van der Waals surface area contributed by atoms with Gasteiger partial charge in [-0.1, -0.05) is 61.6 Å². The molecule has 0 spiro atoms. The first-order valence-electron chi connectivity index (χ1n) is 6.79.